The van der Waals surface area contributed by atoms with E-state index in [1.54, 1.807) is 11.3 Å². The first-order valence-corrected chi connectivity index (χ1v) is 8.39. The lowest BCUT2D eigenvalue weighted by Gasteiger charge is -2.07. The first-order valence-electron chi connectivity index (χ1n) is 7.57. The van der Waals surface area contributed by atoms with Crippen LogP contribution in [0.15, 0.2) is 66.7 Å². The van der Waals surface area contributed by atoms with Gasteiger partial charge in [0.15, 0.2) is 6.29 Å². The number of rotatable bonds is 1. The summed E-state index contributed by atoms with van der Waals surface area (Å²) in [6.07, 6.45) is 0.966. The van der Waals surface area contributed by atoms with Crippen LogP contribution in [-0.2, 0) is 0 Å². The Morgan fingerprint density at radius 1 is 0.652 bits per heavy atom. The van der Waals surface area contributed by atoms with Crippen LogP contribution in [0.2, 0.25) is 0 Å². The van der Waals surface area contributed by atoms with Gasteiger partial charge in [0, 0.05) is 25.7 Å². The van der Waals surface area contributed by atoms with Crippen LogP contribution < -0.4 is 0 Å². The summed E-state index contributed by atoms with van der Waals surface area (Å²) in [4.78, 5) is 11.6. The van der Waals surface area contributed by atoms with E-state index < -0.39 is 0 Å². The van der Waals surface area contributed by atoms with Crippen LogP contribution in [0.5, 0.6) is 0 Å². The van der Waals surface area contributed by atoms with Gasteiger partial charge in [-0.2, -0.15) is 0 Å². The Balaban J connectivity index is 2.08. The fourth-order valence-corrected chi connectivity index (χ4v) is 4.57. The van der Waals surface area contributed by atoms with Crippen LogP contribution in [0.1, 0.15) is 10.4 Å². The average molecular weight is 312 g/mol. The Morgan fingerprint density at radius 3 is 2.30 bits per heavy atom. The number of fused-ring (bicyclic) bond motifs is 6. The number of carbonyl (C=O) groups is 1. The van der Waals surface area contributed by atoms with Crippen LogP contribution in [0.25, 0.3) is 41.7 Å². The molecule has 0 aliphatic rings. The molecule has 0 atom stereocenters. The highest BCUT2D eigenvalue weighted by Gasteiger charge is 2.11. The molecule has 0 N–H and O–H groups in total. The summed E-state index contributed by atoms with van der Waals surface area (Å²) >= 11 is 1.79. The summed E-state index contributed by atoms with van der Waals surface area (Å²) in [6.45, 7) is 0. The molecule has 2 heteroatoms. The van der Waals surface area contributed by atoms with E-state index >= 15 is 0 Å². The molecule has 5 rings (SSSR count). The normalized spacial score (nSPS) is 11.7. The predicted molar refractivity (Wildman–Crippen MR) is 99.7 cm³/mol. The first-order chi connectivity index (χ1) is 11.3. The Bertz CT molecular complexity index is 1230. The maximum Gasteiger partial charge on any atom is 0.150 e. The Hall–Kier alpha value is -2.71. The number of benzene rings is 4. The molecule has 0 amide bonds. The topological polar surface area (TPSA) is 17.1 Å². The highest BCUT2D eigenvalue weighted by atomic mass is 32.1. The zero-order valence-electron chi connectivity index (χ0n) is 12.2. The van der Waals surface area contributed by atoms with Crippen molar-refractivity contribution in [3.8, 4) is 0 Å². The van der Waals surface area contributed by atoms with Crippen molar-refractivity contribution < 1.29 is 4.79 Å². The van der Waals surface area contributed by atoms with Gasteiger partial charge < -0.3 is 0 Å². The molecule has 0 fully saturated rings. The van der Waals surface area contributed by atoms with E-state index in [4.69, 9.17) is 0 Å². The first kappa shape index (κ1) is 12.8. The monoisotopic (exact) mass is 312 g/mol. The quantitative estimate of drug-likeness (QED) is 0.267. The molecule has 0 radical (unpaired) electrons. The molecule has 23 heavy (non-hydrogen) atoms. The van der Waals surface area contributed by atoms with Crippen LogP contribution >= 0.6 is 11.3 Å². The van der Waals surface area contributed by atoms with Gasteiger partial charge in [0.05, 0.1) is 0 Å². The maximum absolute atomic E-state index is 11.6. The van der Waals surface area contributed by atoms with Crippen LogP contribution in [0, 0.1) is 0 Å². The van der Waals surface area contributed by atoms with Gasteiger partial charge in [-0.15, -0.1) is 11.3 Å². The second-order valence-electron chi connectivity index (χ2n) is 5.80. The van der Waals surface area contributed by atoms with Gasteiger partial charge in [-0.05, 0) is 45.8 Å². The minimum atomic E-state index is 0.762. The second-order valence-corrected chi connectivity index (χ2v) is 6.88. The largest absolute Gasteiger partial charge is 0.298 e. The summed E-state index contributed by atoms with van der Waals surface area (Å²) in [5, 5.41) is 7.06. The van der Waals surface area contributed by atoms with Gasteiger partial charge in [-0.3, -0.25) is 4.79 Å². The number of thiophene rings is 1. The van der Waals surface area contributed by atoms with Crippen molar-refractivity contribution in [2.24, 2.45) is 0 Å². The minimum absolute atomic E-state index is 0.762. The molecule has 108 valence electrons. The third-order valence-electron chi connectivity index (χ3n) is 4.52. The fourth-order valence-electron chi connectivity index (χ4n) is 3.44. The van der Waals surface area contributed by atoms with Gasteiger partial charge in [0.2, 0.25) is 0 Å². The summed E-state index contributed by atoms with van der Waals surface area (Å²) in [6, 6.07) is 23.2. The molecule has 4 aromatic carbocycles. The maximum atomic E-state index is 11.6. The van der Waals surface area contributed by atoms with E-state index in [-0.39, 0.29) is 0 Å². The molecule has 0 bridgehead atoms. The zero-order valence-corrected chi connectivity index (χ0v) is 13.1. The van der Waals surface area contributed by atoms with Crippen LogP contribution in [-0.4, -0.2) is 6.29 Å². The molecule has 0 unspecified atom stereocenters. The number of hydrogen-bond donors (Lipinski definition) is 0. The lowest BCUT2D eigenvalue weighted by molar-refractivity contribution is 0.112. The highest BCUT2D eigenvalue weighted by Crippen LogP contribution is 2.39. The molecule has 5 aromatic rings. The summed E-state index contributed by atoms with van der Waals surface area (Å²) < 4.78 is 2.52. The average Bonchev–Trinajstić information content (AvgIpc) is 2.97. The summed E-state index contributed by atoms with van der Waals surface area (Å²) in [7, 11) is 0. The van der Waals surface area contributed by atoms with Gasteiger partial charge in [-0.1, -0.05) is 42.5 Å². The summed E-state index contributed by atoms with van der Waals surface area (Å²) in [5.74, 6) is 0. The van der Waals surface area contributed by atoms with E-state index in [1.165, 1.54) is 25.6 Å². The number of aldehydes is 1. The van der Waals surface area contributed by atoms with Gasteiger partial charge in [-0.25, -0.2) is 0 Å². The van der Waals surface area contributed by atoms with Gasteiger partial charge in [0.1, 0.15) is 0 Å². The van der Waals surface area contributed by atoms with Crippen molar-refractivity contribution >= 4 is 59.3 Å². The van der Waals surface area contributed by atoms with E-state index in [9.17, 15) is 4.79 Å². The predicted octanol–water partition coefficient (Wildman–Crippen LogP) is 6.17. The van der Waals surface area contributed by atoms with Crippen molar-refractivity contribution in [2.45, 2.75) is 0 Å². The molecule has 0 saturated heterocycles. The van der Waals surface area contributed by atoms with E-state index in [0.29, 0.717) is 0 Å². The van der Waals surface area contributed by atoms with Crippen LogP contribution in [0.3, 0.4) is 0 Å². The fraction of sp³-hybridized carbons (Fsp3) is 0. The molecule has 1 aromatic heterocycles. The number of carbonyl (C=O) groups excluding carboxylic acids is 1. The lowest BCUT2D eigenvalue weighted by atomic mass is 9.96. The number of hydrogen-bond acceptors (Lipinski definition) is 2. The Labute approximate surface area is 136 Å². The standard InChI is InChI=1S/C21H12OS/c22-12-14-9-13-5-1-2-6-15(13)18-10-19-16-7-3-4-8-20(16)23-21(19)11-17(14)18/h1-12H. The smallest absolute Gasteiger partial charge is 0.150 e. The van der Waals surface area contributed by atoms with E-state index in [0.717, 1.165) is 28.0 Å². The van der Waals surface area contributed by atoms with Gasteiger partial charge >= 0.3 is 0 Å². The Morgan fingerprint density at radius 2 is 1.43 bits per heavy atom. The van der Waals surface area contributed by atoms with Crippen molar-refractivity contribution in [3.05, 3.63) is 72.3 Å². The molecule has 1 heterocycles. The minimum Gasteiger partial charge on any atom is -0.298 e. The summed E-state index contributed by atoms with van der Waals surface area (Å²) in [5.41, 5.74) is 0.762. The zero-order chi connectivity index (χ0) is 15.4. The lowest BCUT2D eigenvalue weighted by Crippen LogP contribution is -1.86. The van der Waals surface area contributed by atoms with Crippen molar-refractivity contribution in [3.63, 3.8) is 0 Å². The molecular weight excluding hydrogens is 300 g/mol. The molecule has 1 nitrogen and oxygen atoms in total. The van der Waals surface area contributed by atoms with Gasteiger partial charge in [0.25, 0.3) is 0 Å². The highest BCUT2D eigenvalue weighted by molar-refractivity contribution is 7.25. The third-order valence-corrected chi connectivity index (χ3v) is 5.65. The molecule has 0 aliphatic heterocycles. The van der Waals surface area contributed by atoms with E-state index in [1.807, 2.05) is 12.1 Å². The third kappa shape index (κ3) is 1.76. The second kappa shape index (κ2) is 4.64. The van der Waals surface area contributed by atoms with Crippen molar-refractivity contribution in [1.29, 1.82) is 0 Å². The molecule has 0 saturated carbocycles. The van der Waals surface area contributed by atoms with Crippen LogP contribution in [0.4, 0.5) is 0 Å². The van der Waals surface area contributed by atoms with E-state index in [2.05, 4.69) is 54.6 Å². The van der Waals surface area contributed by atoms with Crippen molar-refractivity contribution in [2.75, 3.05) is 0 Å². The Kier molecular flexibility index (Phi) is 2.58. The molecular formula is C21H12OS. The molecule has 0 aliphatic carbocycles. The molecule has 0 spiro atoms. The van der Waals surface area contributed by atoms with Crippen molar-refractivity contribution in [1.82, 2.24) is 0 Å². The SMILES string of the molecule is O=Cc1cc2ccccc2c2cc3c(cc12)sc1ccccc13.